The molecule has 0 heterocycles. The van der Waals surface area contributed by atoms with Gasteiger partial charge in [0.25, 0.3) is 0 Å². The van der Waals surface area contributed by atoms with Crippen molar-refractivity contribution < 1.29 is 23.0 Å². The van der Waals surface area contributed by atoms with Crippen LogP contribution in [0.5, 0.6) is 5.75 Å². The van der Waals surface area contributed by atoms with E-state index in [1.54, 1.807) is 0 Å². The maximum absolute atomic E-state index is 12.7. The van der Waals surface area contributed by atoms with Gasteiger partial charge < -0.3 is 9.84 Å². The quantitative estimate of drug-likeness (QED) is 0.908. The Bertz CT molecular complexity index is 411. The predicted octanol–water partition coefficient (Wildman–Crippen LogP) is 3.64. The Morgan fingerprint density at radius 1 is 1.21 bits per heavy atom. The molecule has 2 rings (SSSR count). The molecule has 0 amide bonds. The standard InChI is InChI=1S/C14H17F3O2/c15-14(16,17)11-7-3-4-8-13(11)19-9-12(18)10-5-1-2-6-10/h3-4,7-8,10,12,18H,1-2,5-6,9H2. The Labute approximate surface area is 110 Å². The summed E-state index contributed by atoms with van der Waals surface area (Å²) in [5.41, 5.74) is -0.798. The Hall–Kier alpha value is -1.23. The first-order chi connectivity index (χ1) is 8.98. The second-order valence-electron chi connectivity index (χ2n) is 4.92. The minimum absolute atomic E-state index is 0.0856. The summed E-state index contributed by atoms with van der Waals surface area (Å²) in [7, 11) is 0. The molecule has 1 saturated carbocycles. The lowest BCUT2D eigenvalue weighted by Gasteiger charge is -2.20. The molecule has 1 unspecified atom stereocenters. The van der Waals surface area contributed by atoms with Crippen molar-refractivity contribution in [3.8, 4) is 5.75 Å². The van der Waals surface area contributed by atoms with E-state index in [1.165, 1.54) is 18.2 Å². The molecule has 1 aromatic carbocycles. The molecule has 1 aliphatic rings. The monoisotopic (exact) mass is 274 g/mol. The van der Waals surface area contributed by atoms with Crippen molar-refractivity contribution in [1.82, 2.24) is 0 Å². The van der Waals surface area contributed by atoms with E-state index < -0.39 is 17.8 Å². The van der Waals surface area contributed by atoms with E-state index in [4.69, 9.17) is 4.74 Å². The summed E-state index contributed by atoms with van der Waals surface area (Å²) in [4.78, 5) is 0. The van der Waals surface area contributed by atoms with Gasteiger partial charge in [-0.3, -0.25) is 0 Å². The van der Waals surface area contributed by atoms with E-state index in [9.17, 15) is 18.3 Å². The first-order valence-corrected chi connectivity index (χ1v) is 6.45. The van der Waals surface area contributed by atoms with Gasteiger partial charge in [0.1, 0.15) is 12.4 Å². The zero-order chi connectivity index (χ0) is 13.9. The minimum atomic E-state index is -4.44. The molecule has 1 atom stereocenters. The average Bonchev–Trinajstić information content (AvgIpc) is 2.89. The summed E-state index contributed by atoms with van der Waals surface area (Å²) in [5, 5.41) is 9.90. The maximum Gasteiger partial charge on any atom is 0.419 e. The van der Waals surface area contributed by atoms with Crippen LogP contribution in [0.1, 0.15) is 31.2 Å². The van der Waals surface area contributed by atoms with Crippen LogP contribution >= 0.6 is 0 Å². The molecule has 0 aromatic heterocycles. The highest BCUT2D eigenvalue weighted by atomic mass is 19.4. The fraction of sp³-hybridized carbons (Fsp3) is 0.571. The molecule has 1 aliphatic carbocycles. The number of para-hydroxylation sites is 1. The SMILES string of the molecule is OC(COc1ccccc1C(F)(F)F)C1CCCC1. The highest BCUT2D eigenvalue weighted by Crippen LogP contribution is 2.36. The molecule has 19 heavy (non-hydrogen) atoms. The molecule has 1 N–H and O–H groups in total. The van der Waals surface area contributed by atoms with Crippen LogP contribution in [-0.4, -0.2) is 17.8 Å². The van der Waals surface area contributed by atoms with Gasteiger partial charge >= 0.3 is 6.18 Å². The molecule has 1 fully saturated rings. The van der Waals surface area contributed by atoms with Crippen LogP contribution in [0.3, 0.4) is 0 Å². The van der Waals surface area contributed by atoms with Crippen LogP contribution in [0.15, 0.2) is 24.3 Å². The Morgan fingerprint density at radius 2 is 1.84 bits per heavy atom. The molecule has 0 saturated heterocycles. The Morgan fingerprint density at radius 3 is 2.47 bits per heavy atom. The number of rotatable bonds is 4. The lowest BCUT2D eigenvalue weighted by Crippen LogP contribution is -2.26. The van der Waals surface area contributed by atoms with Gasteiger partial charge in [-0.1, -0.05) is 25.0 Å². The van der Waals surface area contributed by atoms with Gasteiger partial charge in [0.2, 0.25) is 0 Å². The van der Waals surface area contributed by atoms with Crippen molar-refractivity contribution in [2.24, 2.45) is 5.92 Å². The first-order valence-electron chi connectivity index (χ1n) is 6.45. The summed E-state index contributed by atoms with van der Waals surface area (Å²) < 4.78 is 43.4. The van der Waals surface area contributed by atoms with E-state index in [-0.39, 0.29) is 18.3 Å². The Kier molecular flexibility index (Phi) is 4.34. The highest BCUT2D eigenvalue weighted by Gasteiger charge is 2.34. The third kappa shape index (κ3) is 3.62. The van der Waals surface area contributed by atoms with Crippen LogP contribution in [0.4, 0.5) is 13.2 Å². The van der Waals surface area contributed by atoms with Crippen LogP contribution in [0, 0.1) is 5.92 Å². The molecule has 5 heteroatoms. The van der Waals surface area contributed by atoms with Gasteiger partial charge in [0.05, 0.1) is 11.7 Å². The van der Waals surface area contributed by atoms with E-state index in [0.29, 0.717) is 0 Å². The summed E-state index contributed by atoms with van der Waals surface area (Å²) in [6.07, 6.45) is -1.14. The van der Waals surface area contributed by atoms with E-state index in [2.05, 4.69) is 0 Å². The molecule has 106 valence electrons. The minimum Gasteiger partial charge on any atom is -0.490 e. The third-order valence-corrected chi connectivity index (χ3v) is 3.55. The lowest BCUT2D eigenvalue weighted by atomic mass is 10.0. The third-order valence-electron chi connectivity index (χ3n) is 3.55. The van der Waals surface area contributed by atoms with Crippen molar-refractivity contribution >= 4 is 0 Å². The van der Waals surface area contributed by atoms with Crippen molar-refractivity contribution in [3.63, 3.8) is 0 Å². The van der Waals surface area contributed by atoms with E-state index >= 15 is 0 Å². The van der Waals surface area contributed by atoms with Gasteiger partial charge in [-0.2, -0.15) is 13.2 Å². The number of hydrogen-bond donors (Lipinski definition) is 1. The fourth-order valence-corrected chi connectivity index (χ4v) is 2.48. The number of aliphatic hydroxyl groups is 1. The van der Waals surface area contributed by atoms with Crippen molar-refractivity contribution in [2.75, 3.05) is 6.61 Å². The molecule has 2 nitrogen and oxygen atoms in total. The number of ether oxygens (including phenoxy) is 1. The molecule has 0 radical (unpaired) electrons. The van der Waals surface area contributed by atoms with Crippen LogP contribution < -0.4 is 4.74 Å². The number of alkyl halides is 3. The average molecular weight is 274 g/mol. The van der Waals surface area contributed by atoms with Gasteiger partial charge in [0, 0.05) is 0 Å². The van der Waals surface area contributed by atoms with Crippen LogP contribution in [0.2, 0.25) is 0 Å². The van der Waals surface area contributed by atoms with Crippen molar-refractivity contribution in [2.45, 2.75) is 38.0 Å². The molecular weight excluding hydrogens is 257 g/mol. The lowest BCUT2D eigenvalue weighted by molar-refractivity contribution is -0.139. The summed E-state index contributed by atoms with van der Waals surface area (Å²) in [5.74, 6) is -0.0647. The zero-order valence-electron chi connectivity index (χ0n) is 10.5. The van der Waals surface area contributed by atoms with Crippen LogP contribution in [-0.2, 0) is 6.18 Å². The van der Waals surface area contributed by atoms with Gasteiger partial charge in [0.15, 0.2) is 0 Å². The summed E-state index contributed by atoms with van der Waals surface area (Å²) in [6.45, 7) is -0.0856. The normalized spacial score (nSPS) is 18.5. The molecule has 0 bridgehead atoms. The van der Waals surface area contributed by atoms with Crippen molar-refractivity contribution in [1.29, 1.82) is 0 Å². The number of benzene rings is 1. The molecule has 0 spiro atoms. The van der Waals surface area contributed by atoms with Gasteiger partial charge in [-0.05, 0) is 30.9 Å². The molecule has 0 aliphatic heterocycles. The highest BCUT2D eigenvalue weighted by molar-refractivity contribution is 5.35. The van der Waals surface area contributed by atoms with Crippen molar-refractivity contribution in [3.05, 3.63) is 29.8 Å². The first kappa shape index (κ1) is 14.2. The largest absolute Gasteiger partial charge is 0.490 e. The number of halogens is 3. The zero-order valence-corrected chi connectivity index (χ0v) is 10.5. The fourth-order valence-electron chi connectivity index (χ4n) is 2.48. The van der Waals surface area contributed by atoms with Gasteiger partial charge in [-0.25, -0.2) is 0 Å². The smallest absolute Gasteiger partial charge is 0.419 e. The predicted molar refractivity (Wildman–Crippen MR) is 64.9 cm³/mol. The van der Waals surface area contributed by atoms with E-state index in [1.807, 2.05) is 0 Å². The number of aliphatic hydroxyl groups excluding tert-OH is 1. The summed E-state index contributed by atoms with van der Waals surface area (Å²) in [6, 6.07) is 5.08. The van der Waals surface area contributed by atoms with Gasteiger partial charge in [-0.15, -0.1) is 0 Å². The number of hydrogen-bond acceptors (Lipinski definition) is 2. The van der Waals surface area contributed by atoms with Crippen LogP contribution in [0.25, 0.3) is 0 Å². The van der Waals surface area contributed by atoms with E-state index in [0.717, 1.165) is 31.7 Å². The second kappa shape index (κ2) is 5.82. The second-order valence-corrected chi connectivity index (χ2v) is 4.92. The maximum atomic E-state index is 12.7. The molecular formula is C14H17F3O2. The topological polar surface area (TPSA) is 29.5 Å². The molecule has 1 aromatic rings. The Balaban J connectivity index is 1.99. The summed E-state index contributed by atoms with van der Waals surface area (Å²) >= 11 is 0.